The van der Waals surface area contributed by atoms with Gasteiger partial charge in [-0.3, -0.25) is 0 Å². The quantitative estimate of drug-likeness (QED) is 0.695. The fourth-order valence-electron chi connectivity index (χ4n) is 1.14. The fraction of sp³-hybridized carbons (Fsp3) is 1.00. The molecule has 0 aliphatic carbocycles. The van der Waals surface area contributed by atoms with Gasteiger partial charge in [0, 0.05) is 12.6 Å². The summed E-state index contributed by atoms with van der Waals surface area (Å²) in [7, 11) is 0. The molecule has 2 nitrogen and oxygen atoms in total. The summed E-state index contributed by atoms with van der Waals surface area (Å²) in [6.07, 6.45) is 3.36. The topological polar surface area (TPSA) is 32.3 Å². The molecule has 0 saturated heterocycles. The average Bonchev–Trinajstić information content (AvgIpc) is 2.31. The number of hydrogen-bond acceptors (Lipinski definition) is 2. The van der Waals surface area contributed by atoms with E-state index in [1.807, 2.05) is 13.8 Å². The Labute approximate surface area is 123 Å². The second-order valence-electron chi connectivity index (χ2n) is 6.28. The van der Waals surface area contributed by atoms with Crippen molar-refractivity contribution >= 4 is 0 Å². The first-order valence-electron chi connectivity index (χ1n) is 8.09. The van der Waals surface area contributed by atoms with E-state index in [4.69, 9.17) is 5.11 Å². The molecule has 0 radical (unpaired) electrons. The summed E-state index contributed by atoms with van der Waals surface area (Å²) in [5, 5.41) is 11.9. The minimum absolute atomic E-state index is 0.320. The standard InChI is InChI=1S/C8H19N.C7H16O.C2H6/c1-7(2)5-6-9-8(3)4;1-4-7(2,3)5-6-8;1-2/h7-9H,5-6H2,1-4H3;8H,4-6H2,1-3H3;1-2H3. The van der Waals surface area contributed by atoms with Crippen LogP contribution in [0.2, 0.25) is 0 Å². The second kappa shape index (κ2) is 16.0. The summed E-state index contributed by atoms with van der Waals surface area (Å²) in [6, 6.07) is 0.642. The highest BCUT2D eigenvalue weighted by Crippen LogP contribution is 2.22. The van der Waals surface area contributed by atoms with E-state index in [1.54, 1.807) is 0 Å². The maximum Gasteiger partial charge on any atom is 0.0436 e. The van der Waals surface area contributed by atoms with Gasteiger partial charge in [0.15, 0.2) is 0 Å². The van der Waals surface area contributed by atoms with Crippen LogP contribution >= 0.6 is 0 Å². The summed E-state index contributed by atoms with van der Waals surface area (Å²) in [4.78, 5) is 0. The van der Waals surface area contributed by atoms with Gasteiger partial charge in [-0.2, -0.15) is 0 Å². The van der Waals surface area contributed by atoms with Gasteiger partial charge in [0.2, 0.25) is 0 Å². The first-order chi connectivity index (χ1) is 8.75. The predicted molar refractivity (Wildman–Crippen MR) is 89.7 cm³/mol. The van der Waals surface area contributed by atoms with Crippen molar-refractivity contribution in [2.24, 2.45) is 11.3 Å². The van der Waals surface area contributed by atoms with Gasteiger partial charge in [-0.1, -0.05) is 68.7 Å². The monoisotopic (exact) mass is 275 g/mol. The van der Waals surface area contributed by atoms with E-state index >= 15 is 0 Å². The van der Waals surface area contributed by atoms with Gasteiger partial charge < -0.3 is 10.4 Å². The van der Waals surface area contributed by atoms with Gasteiger partial charge in [0.1, 0.15) is 0 Å². The summed E-state index contributed by atoms with van der Waals surface area (Å²) < 4.78 is 0. The summed E-state index contributed by atoms with van der Waals surface area (Å²) in [5.41, 5.74) is 0.342. The molecule has 0 spiro atoms. The van der Waals surface area contributed by atoms with Crippen LogP contribution in [0.4, 0.5) is 0 Å². The number of aliphatic hydroxyl groups excluding tert-OH is 1. The Morgan fingerprint density at radius 3 is 1.74 bits per heavy atom. The largest absolute Gasteiger partial charge is 0.396 e. The minimum atomic E-state index is 0.320. The third-order valence-electron chi connectivity index (χ3n) is 3.02. The molecule has 0 aromatic rings. The van der Waals surface area contributed by atoms with E-state index in [0.717, 1.165) is 25.3 Å². The first kappa shape index (κ1) is 24.0. The Morgan fingerprint density at radius 2 is 1.53 bits per heavy atom. The Bertz CT molecular complexity index is 145. The lowest BCUT2D eigenvalue weighted by Gasteiger charge is -2.20. The fourth-order valence-corrected chi connectivity index (χ4v) is 1.14. The molecule has 2 N–H and O–H groups in total. The molecule has 0 aromatic heterocycles. The molecule has 19 heavy (non-hydrogen) atoms. The minimum Gasteiger partial charge on any atom is -0.396 e. The number of hydrogen-bond donors (Lipinski definition) is 2. The van der Waals surface area contributed by atoms with Gasteiger partial charge >= 0.3 is 0 Å². The van der Waals surface area contributed by atoms with Crippen LogP contribution < -0.4 is 5.32 Å². The number of nitrogens with one attached hydrogen (secondary N) is 1. The summed E-state index contributed by atoms with van der Waals surface area (Å²) >= 11 is 0. The zero-order chi connectivity index (χ0) is 15.9. The van der Waals surface area contributed by atoms with Crippen LogP contribution in [0.5, 0.6) is 0 Å². The van der Waals surface area contributed by atoms with Crippen molar-refractivity contribution in [3.05, 3.63) is 0 Å². The molecule has 0 aromatic carbocycles. The van der Waals surface area contributed by atoms with Crippen LogP contribution in [0, 0.1) is 11.3 Å². The Hall–Kier alpha value is -0.0800. The molecule has 0 heterocycles. The molecule has 0 atom stereocenters. The van der Waals surface area contributed by atoms with Gasteiger partial charge in [0.25, 0.3) is 0 Å². The van der Waals surface area contributed by atoms with Crippen molar-refractivity contribution in [1.82, 2.24) is 5.32 Å². The molecule has 0 aliphatic heterocycles. The lowest BCUT2D eigenvalue weighted by Crippen LogP contribution is -2.24. The average molecular weight is 276 g/mol. The number of aliphatic hydroxyl groups is 1. The third kappa shape index (κ3) is 27.2. The van der Waals surface area contributed by atoms with Crippen LogP contribution in [0.25, 0.3) is 0 Å². The highest BCUT2D eigenvalue weighted by atomic mass is 16.3. The van der Waals surface area contributed by atoms with Crippen molar-refractivity contribution in [1.29, 1.82) is 0 Å². The van der Waals surface area contributed by atoms with Crippen molar-refractivity contribution in [2.75, 3.05) is 13.2 Å². The molecule has 0 amide bonds. The molecule has 0 bridgehead atoms. The molecular weight excluding hydrogens is 234 g/mol. The van der Waals surface area contributed by atoms with Crippen LogP contribution in [0.15, 0.2) is 0 Å². The lowest BCUT2D eigenvalue weighted by atomic mass is 9.87. The van der Waals surface area contributed by atoms with E-state index in [-0.39, 0.29) is 0 Å². The molecular formula is C17H41NO. The molecule has 2 heteroatoms. The smallest absolute Gasteiger partial charge is 0.0436 e. The van der Waals surface area contributed by atoms with Gasteiger partial charge in [-0.25, -0.2) is 0 Å². The van der Waals surface area contributed by atoms with Crippen LogP contribution in [0.3, 0.4) is 0 Å². The van der Waals surface area contributed by atoms with Gasteiger partial charge in [-0.15, -0.1) is 0 Å². The zero-order valence-electron chi connectivity index (χ0n) is 15.1. The summed E-state index contributed by atoms with van der Waals surface area (Å²) in [6.45, 7) is 20.8. The molecule has 0 fully saturated rings. The van der Waals surface area contributed by atoms with E-state index < -0.39 is 0 Å². The Balaban J connectivity index is -0.000000239. The highest BCUT2D eigenvalue weighted by molar-refractivity contribution is 4.64. The van der Waals surface area contributed by atoms with Crippen molar-refractivity contribution in [2.45, 2.75) is 87.6 Å². The van der Waals surface area contributed by atoms with E-state index in [9.17, 15) is 0 Å². The third-order valence-corrected chi connectivity index (χ3v) is 3.02. The molecule has 0 unspecified atom stereocenters. The van der Waals surface area contributed by atoms with E-state index in [0.29, 0.717) is 18.1 Å². The maximum atomic E-state index is 8.53. The SMILES string of the molecule is CC.CC(C)CCNC(C)C.CCC(C)(C)CCO. The van der Waals surface area contributed by atoms with Crippen molar-refractivity contribution in [3.8, 4) is 0 Å². The normalized spacial score (nSPS) is 10.7. The van der Waals surface area contributed by atoms with Gasteiger partial charge in [-0.05, 0) is 30.7 Å². The molecule has 0 aliphatic rings. The molecule has 0 saturated carbocycles. The molecule has 0 rings (SSSR count). The van der Waals surface area contributed by atoms with Crippen molar-refractivity contribution < 1.29 is 5.11 Å². The van der Waals surface area contributed by atoms with E-state index in [2.05, 4.69) is 53.8 Å². The Morgan fingerprint density at radius 1 is 1.05 bits per heavy atom. The lowest BCUT2D eigenvalue weighted by molar-refractivity contribution is 0.207. The van der Waals surface area contributed by atoms with Crippen LogP contribution in [0.1, 0.15) is 81.6 Å². The van der Waals surface area contributed by atoms with Crippen LogP contribution in [-0.4, -0.2) is 24.3 Å². The van der Waals surface area contributed by atoms with Gasteiger partial charge in [0.05, 0.1) is 0 Å². The number of rotatable bonds is 7. The van der Waals surface area contributed by atoms with Crippen LogP contribution in [-0.2, 0) is 0 Å². The molecule has 120 valence electrons. The van der Waals surface area contributed by atoms with E-state index in [1.165, 1.54) is 6.42 Å². The first-order valence-corrected chi connectivity index (χ1v) is 8.09. The zero-order valence-corrected chi connectivity index (χ0v) is 15.1. The Kier molecular flexibility index (Phi) is 20.2. The highest BCUT2D eigenvalue weighted by Gasteiger charge is 2.12. The predicted octanol–water partition coefficient (Wildman–Crippen LogP) is 4.86. The second-order valence-corrected chi connectivity index (χ2v) is 6.28. The maximum absolute atomic E-state index is 8.53. The summed E-state index contributed by atoms with van der Waals surface area (Å²) in [5.74, 6) is 0.830. The van der Waals surface area contributed by atoms with Crippen molar-refractivity contribution in [3.63, 3.8) is 0 Å².